The van der Waals surface area contributed by atoms with Crippen LogP contribution >= 0.6 is 15.9 Å². The van der Waals surface area contributed by atoms with Crippen molar-refractivity contribution in [2.24, 2.45) is 0 Å². The molecule has 21 heavy (non-hydrogen) atoms. The Hall–Kier alpha value is -1.65. The number of carbonyl (C=O) groups is 1. The number of hydrogen-bond donors (Lipinski definition) is 1. The summed E-state index contributed by atoms with van der Waals surface area (Å²) in [6, 6.07) is 13.5. The average molecular weight is 346 g/mol. The second-order valence-electron chi connectivity index (χ2n) is 5.21. The van der Waals surface area contributed by atoms with Crippen LogP contribution in [0.1, 0.15) is 34.0 Å². The summed E-state index contributed by atoms with van der Waals surface area (Å²) < 4.78 is 6.61. The van der Waals surface area contributed by atoms with Crippen molar-refractivity contribution in [3.63, 3.8) is 0 Å². The van der Waals surface area contributed by atoms with Gasteiger partial charge in [0.15, 0.2) is 5.78 Å². The minimum atomic E-state index is -0.164. The Bertz CT molecular complexity index is 664. The Kier molecular flexibility index (Phi) is 4.08. The number of nitrogen functional groups attached to an aromatic ring is 1. The molecule has 3 nitrogen and oxygen atoms in total. The number of hydrogen-bond acceptors (Lipinski definition) is 3. The fourth-order valence-electron chi connectivity index (χ4n) is 2.71. The number of rotatable bonds is 3. The fourth-order valence-corrected chi connectivity index (χ4v) is 3.22. The van der Waals surface area contributed by atoms with Crippen LogP contribution in [0.5, 0.6) is 0 Å². The molecule has 0 spiro atoms. The first-order valence-electron chi connectivity index (χ1n) is 6.92. The molecule has 0 saturated heterocycles. The molecule has 2 N–H and O–H groups in total. The van der Waals surface area contributed by atoms with Crippen molar-refractivity contribution < 1.29 is 9.53 Å². The fraction of sp³-hybridized carbons (Fsp3) is 0.235. The third kappa shape index (κ3) is 3.17. The lowest BCUT2D eigenvalue weighted by Gasteiger charge is -2.25. The molecule has 1 atom stereocenters. The standard InChI is InChI=1S/C17H16BrNO2/c18-13-7-12(8-14(19)9-13)16(20)10-17-15-4-2-1-3-11(15)5-6-21-17/h1-4,7-9,17H,5-6,10,19H2. The molecular weight excluding hydrogens is 330 g/mol. The number of ether oxygens (including phenoxy) is 1. The number of ketones is 1. The second-order valence-corrected chi connectivity index (χ2v) is 6.12. The number of fused-ring (bicyclic) bond motifs is 1. The van der Waals surface area contributed by atoms with Crippen molar-refractivity contribution in [2.45, 2.75) is 18.9 Å². The summed E-state index contributed by atoms with van der Waals surface area (Å²) in [5, 5.41) is 0. The van der Waals surface area contributed by atoms with Crippen molar-refractivity contribution >= 4 is 27.4 Å². The molecule has 3 rings (SSSR count). The van der Waals surface area contributed by atoms with E-state index in [0.29, 0.717) is 24.3 Å². The molecule has 0 radical (unpaired) electrons. The number of anilines is 1. The summed E-state index contributed by atoms with van der Waals surface area (Å²) in [7, 11) is 0. The molecule has 0 aromatic heterocycles. The van der Waals surface area contributed by atoms with Gasteiger partial charge in [0.05, 0.1) is 12.7 Å². The van der Waals surface area contributed by atoms with Crippen LogP contribution in [0.15, 0.2) is 46.9 Å². The normalized spacial score (nSPS) is 17.3. The lowest BCUT2D eigenvalue weighted by atomic mass is 9.93. The van der Waals surface area contributed by atoms with Gasteiger partial charge in [0, 0.05) is 22.1 Å². The number of Topliss-reactive ketones (excluding diaryl/α,β-unsaturated/α-hetero) is 1. The molecule has 108 valence electrons. The van der Waals surface area contributed by atoms with Gasteiger partial charge in [0.1, 0.15) is 0 Å². The third-order valence-corrected chi connectivity index (χ3v) is 4.16. The minimum absolute atomic E-state index is 0.0460. The van der Waals surface area contributed by atoms with E-state index in [2.05, 4.69) is 22.0 Å². The van der Waals surface area contributed by atoms with Crippen LogP contribution in [0.2, 0.25) is 0 Å². The van der Waals surface area contributed by atoms with Crippen LogP contribution in [0, 0.1) is 0 Å². The van der Waals surface area contributed by atoms with E-state index in [1.807, 2.05) is 18.2 Å². The van der Waals surface area contributed by atoms with Gasteiger partial charge in [0.25, 0.3) is 0 Å². The smallest absolute Gasteiger partial charge is 0.165 e. The Labute approximate surface area is 132 Å². The largest absolute Gasteiger partial charge is 0.399 e. The van der Waals surface area contributed by atoms with E-state index < -0.39 is 0 Å². The average Bonchev–Trinajstić information content (AvgIpc) is 2.46. The summed E-state index contributed by atoms with van der Waals surface area (Å²) in [5.41, 5.74) is 9.39. The highest BCUT2D eigenvalue weighted by Gasteiger charge is 2.23. The first kappa shape index (κ1) is 14.3. The Morgan fingerprint density at radius 2 is 2.10 bits per heavy atom. The molecule has 0 bridgehead atoms. The Morgan fingerprint density at radius 3 is 2.90 bits per heavy atom. The van der Waals surface area contributed by atoms with Crippen LogP contribution in [-0.4, -0.2) is 12.4 Å². The lowest BCUT2D eigenvalue weighted by Crippen LogP contribution is -2.19. The molecule has 1 aliphatic heterocycles. The van der Waals surface area contributed by atoms with Crippen molar-refractivity contribution in [1.82, 2.24) is 0 Å². The highest BCUT2D eigenvalue weighted by atomic mass is 79.9. The number of halogens is 1. The zero-order valence-corrected chi connectivity index (χ0v) is 13.1. The highest BCUT2D eigenvalue weighted by molar-refractivity contribution is 9.10. The lowest BCUT2D eigenvalue weighted by molar-refractivity contribution is 0.0352. The molecule has 0 saturated carbocycles. The predicted molar refractivity (Wildman–Crippen MR) is 86.3 cm³/mol. The summed E-state index contributed by atoms with van der Waals surface area (Å²) in [6.07, 6.45) is 1.08. The first-order chi connectivity index (χ1) is 10.1. The summed E-state index contributed by atoms with van der Waals surface area (Å²) >= 11 is 3.37. The number of benzene rings is 2. The maximum absolute atomic E-state index is 12.5. The molecule has 1 unspecified atom stereocenters. The van der Waals surface area contributed by atoms with Gasteiger partial charge in [-0.1, -0.05) is 40.2 Å². The van der Waals surface area contributed by atoms with Crippen LogP contribution < -0.4 is 5.73 Å². The van der Waals surface area contributed by atoms with Crippen LogP contribution in [0.3, 0.4) is 0 Å². The van der Waals surface area contributed by atoms with Gasteiger partial charge in [0.2, 0.25) is 0 Å². The molecule has 4 heteroatoms. The van der Waals surface area contributed by atoms with Gasteiger partial charge >= 0.3 is 0 Å². The quantitative estimate of drug-likeness (QED) is 0.677. The van der Waals surface area contributed by atoms with Gasteiger partial charge < -0.3 is 10.5 Å². The Balaban J connectivity index is 1.82. The zero-order chi connectivity index (χ0) is 14.8. The van der Waals surface area contributed by atoms with E-state index in [4.69, 9.17) is 10.5 Å². The molecule has 2 aromatic rings. The molecular formula is C17H16BrNO2. The highest BCUT2D eigenvalue weighted by Crippen LogP contribution is 2.31. The molecule has 1 aliphatic rings. The van der Waals surface area contributed by atoms with E-state index in [0.717, 1.165) is 16.5 Å². The first-order valence-corrected chi connectivity index (χ1v) is 7.71. The van der Waals surface area contributed by atoms with E-state index in [9.17, 15) is 4.79 Å². The maximum atomic E-state index is 12.5. The molecule has 0 amide bonds. The van der Waals surface area contributed by atoms with Gasteiger partial charge in [-0.25, -0.2) is 0 Å². The monoisotopic (exact) mass is 345 g/mol. The SMILES string of the molecule is Nc1cc(Br)cc(C(=O)CC2OCCc3ccccc32)c1. The van der Waals surface area contributed by atoms with Crippen LogP contribution in [0.25, 0.3) is 0 Å². The van der Waals surface area contributed by atoms with Crippen molar-refractivity contribution in [3.05, 3.63) is 63.6 Å². The number of nitrogens with two attached hydrogens (primary N) is 1. The van der Waals surface area contributed by atoms with Gasteiger partial charge in [-0.2, -0.15) is 0 Å². The molecule has 2 aromatic carbocycles. The second kappa shape index (κ2) is 6.00. The van der Waals surface area contributed by atoms with Crippen molar-refractivity contribution in [2.75, 3.05) is 12.3 Å². The molecule has 0 fully saturated rings. The predicted octanol–water partition coefficient (Wildman–Crippen LogP) is 3.92. The number of carbonyl (C=O) groups excluding carboxylic acids is 1. The topological polar surface area (TPSA) is 52.3 Å². The van der Waals surface area contributed by atoms with Gasteiger partial charge in [-0.05, 0) is 35.7 Å². The van der Waals surface area contributed by atoms with Crippen LogP contribution in [-0.2, 0) is 11.2 Å². The molecule has 1 heterocycles. The maximum Gasteiger partial charge on any atom is 0.165 e. The summed E-state index contributed by atoms with van der Waals surface area (Å²) in [4.78, 5) is 12.5. The van der Waals surface area contributed by atoms with Gasteiger partial charge in [-0.3, -0.25) is 4.79 Å². The van der Waals surface area contributed by atoms with Crippen molar-refractivity contribution in [3.8, 4) is 0 Å². The van der Waals surface area contributed by atoms with E-state index in [-0.39, 0.29) is 11.9 Å². The summed E-state index contributed by atoms with van der Waals surface area (Å²) in [5.74, 6) is 0.0460. The third-order valence-electron chi connectivity index (χ3n) is 3.71. The Morgan fingerprint density at radius 1 is 1.29 bits per heavy atom. The van der Waals surface area contributed by atoms with Gasteiger partial charge in [-0.15, -0.1) is 0 Å². The van der Waals surface area contributed by atoms with E-state index in [1.165, 1.54) is 5.56 Å². The zero-order valence-electron chi connectivity index (χ0n) is 11.5. The van der Waals surface area contributed by atoms with Crippen molar-refractivity contribution in [1.29, 1.82) is 0 Å². The van der Waals surface area contributed by atoms with E-state index >= 15 is 0 Å². The minimum Gasteiger partial charge on any atom is -0.399 e. The molecule has 0 aliphatic carbocycles. The summed E-state index contributed by atoms with van der Waals surface area (Å²) in [6.45, 7) is 0.662. The van der Waals surface area contributed by atoms with E-state index in [1.54, 1.807) is 18.2 Å². The van der Waals surface area contributed by atoms with Crippen LogP contribution in [0.4, 0.5) is 5.69 Å².